The van der Waals surface area contributed by atoms with E-state index in [1.807, 2.05) is 30.3 Å². The Labute approximate surface area is 149 Å². The molecule has 0 spiro atoms. The molecule has 132 valence electrons. The molecule has 1 aliphatic heterocycles. The van der Waals surface area contributed by atoms with Crippen LogP contribution in [0.2, 0.25) is 0 Å². The number of hydrogen-bond acceptors (Lipinski definition) is 4. The zero-order valence-corrected chi connectivity index (χ0v) is 15.0. The van der Waals surface area contributed by atoms with E-state index < -0.39 is 0 Å². The molecule has 1 fully saturated rings. The highest BCUT2D eigenvalue weighted by atomic mass is 16.1. The van der Waals surface area contributed by atoms with Crippen LogP contribution >= 0.6 is 0 Å². The van der Waals surface area contributed by atoms with Crippen LogP contribution in [-0.4, -0.2) is 46.5 Å². The summed E-state index contributed by atoms with van der Waals surface area (Å²) in [5.74, 6) is 1.34. The van der Waals surface area contributed by atoms with E-state index >= 15 is 0 Å². The number of amides is 1. The molecule has 0 radical (unpaired) electrons. The molecule has 5 nitrogen and oxygen atoms in total. The molecule has 3 rings (SSSR count). The van der Waals surface area contributed by atoms with Crippen molar-refractivity contribution in [2.45, 2.75) is 32.7 Å². The van der Waals surface area contributed by atoms with Crippen molar-refractivity contribution in [2.24, 2.45) is 5.92 Å². The van der Waals surface area contributed by atoms with Crippen molar-refractivity contribution in [3.8, 4) is 11.4 Å². The molecule has 1 aromatic heterocycles. The minimum absolute atomic E-state index is 0.106. The van der Waals surface area contributed by atoms with E-state index in [1.54, 1.807) is 12.4 Å². The molecule has 2 aromatic rings. The molecule has 1 N–H and O–H groups in total. The topological polar surface area (TPSA) is 58.1 Å². The van der Waals surface area contributed by atoms with Crippen molar-refractivity contribution in [1.29, 1.82) is 0 Å². The number of piperidine rings is 1. The van der Waals surface area contributed by atoms with Crippen LogP contribution in [0.1, 0.15) is 37.0 Å². The van der Waals surface area contributed by atoms with E-state index in [4.69, 9.17) is 0 Å². The van der Waals surface area contributed by atoms with Gasteiger partial charge in [-0.25, -0.2) is 9.97 Å². The molecule has 0 saturated carbocycles. The minimum atomic E-state index is -0.113. The van der Waals surface area contributed by atoms with E-state index in [0.29, 0.717) is 11.4 Å². The van der Waals surface area contributed by atoms with E-state index in [2.05, 4.69) is 34.0 Å². The zero-order valence-electron chi connectivity index (χ0n) is 15.0. The van der Waals surface area contributed by atoms with Gasteiger partial charge in [-0.3, -0.25) is 4.79 Å². The first-order valence-electron chi connectivity index (χ1n) is 9.02. The van der Waals surface area contributed by atoms with Gasteiger partial charge in [-0.2, -0.15) is 0 Å². The lowest BCUT2D eigenvalue weighted by Gasteiger charge is -2.32. The molecule has 1 aromatic carbocycles. The number of aromatic nitrogens is 2. The number of nitrogens with zero attached hydrogens (tertiary/aromatic N) is 3. The van der Waals surface area contributed by atoms with Crippen LogP contribution < -0.4 is 5.32 Å². The molecule has 0 bridgehead atoms. The average molecular weight is 338 g/mol. The van der Waals surface area contributed by atoms with Crippen LogP contribution in [0.3, 0.4) is 0 Å². The first-order chi connectivity index (χ1) is 12.1. The third-order valence-electron chi connectivity index (χ3n) is 4.73. The quantitative estimate of drug-likeness (QED) is 0.910. The van der Waals surface area contributed by atoms with Gasteiger partial charge in [0.15, 0.2) is 5.82 Å². The van der Waals surface area contributed by atoms with Crippen LogP contribution in [0, 0.1) is 5.92 Å². The van der Waals surface area contributed by atoms with Gasteiger partial charge in [0.05, 0.1) is 5.56 Å². The summed E-state index contributed by atoms with van der Waals surface area (Å²) in [6.45, 7) is 7.49. The summed E-state index contributed by atoms with van der Waals surface area (Å²) in [6, 6.07) is 9.86. The largest absolute Gasteiger partial charge is 0.348 e. The second kappa shape index (κ2) is 8.21. The van der Waals surface area contributed by atoms with Crippen molar-refractivity contribution in [3.63, 3.8) is 0 Å². The Kier molecular flexibility index (Phi) is 5.76. The molecule has 2 heterocycles. The lowest BCUT2D eigenvalue weighted by atomic mass is 9.99. The van der Waals surface area contributed by atoms with E-state index in [-0.39, 0.29) is 11.9 Å². The van der Waals surface area contributed by atoms with Gasteiger partial charge in [-0.05, 0) is 38.8 Å². The molecule has 1 saturated heterocycles. The summed E-state index contributed by atoms with van der Waals surface area (Å²) in [7, 11) is 0. The van der Waals surface area contributed by atoms with Crippen molar-refractivity contribution in [1.82, 2.24) is 20.2 Å². The second-order valence-electron chi connectivity index (χ2n) is 7.02. The molecule has 1 unspecified atom stereocenters. The molecule has 1 aliphatic rings. The lowest BCUT2D eigenvalue weighted by Crippen LogP contribution is -2.44. The van der Waals surface area contributed by atoms with E-state index in [1.165, 1.54) is 12.8 Å². The van der Waals surface area contributed by atoms with Gasteiger partial charge in [-0.15, -0.1) is 0 Å². The number of carbonyl (C=O) groups excluding carboxylic acids is 1. The molecular formula is C20H26N4O. The van der Waals surface area contributed by atoms with Crippen molar-refractivity contribution < 1.29 is 4.79 Å². The smallest absolute Gasteiger partial charge is 0.254 e. The van der Waals surface area contributed by atoms with Gasteiger partial charge in [0, 0.05) is 30.5 Å². The van der Waals surface area contributed by atoms with Gasteiger partial charge >= 0.3 is 0 Å². The third-order valence-corrected chi connectivity index (χ3v) is 4.73. The Hall–Kier alpha value is -2.27. The normalized spacial score (nSPS) is 17.2. The molecule has 5 heteroatoms. The van der Waals surface area contributed by atoms with Gasteiger partial charge in [0.25, 0.3) is 5.91 Å². The molecule has 1 amide bonds. The number of benzene rings is 1. The molecular weight excluding hydrogens is 312 g/mol. The second-order valence-corrected chi connectivity index (χ2v) is 7.02. The molecule has 0 aliphatic carbocycles. The summed E-state index contributed by atoms with van der Waals surface area (Å²) in [5, 5.41) is 3.05. The third kappa shape index (κ3) is 4.86. The fourth-order valence-corrected chi connectivity index (χ4v) is 3.17. The summed E-state index contributed by atoms with van der Waals surface area (Å²) in [4.78, 5) is 23.5. The number of hydrogen-bond donors (Lipinski definition) is 1. The maximum Gasteiger partial charge on any atom is 0.254 e. The van der Waals surface area contributed by atoms with Crippen LogP contribution in [0.4, 0.5) is 0 Å². The summed E-state index contributed by atoms with van der Waals surface area (Å²) in [5.41, 5.74) is 1.45. The van der Waals surface area contributed by atoms with Crippen molar-refractivity contribution in [2.75, 3.05) is 19.6 Å². The predicted octanol–water partition coefficient (Wildman–Crippen LogP) is 2.99. The monoisotopic (exact) mass is 338 g/mol. The average Bonchev–Trinajstić information content (AvgIpc) is 2.64. The van der Waals surface area contributed by atoms with Gasteiger partial charge in [0.2, 0.25) is 0 Å². The SMILES string of the molecule is CC1CCN(CC(C)NC(=O)c2cnc(-c3ccccc3)nc2)CC1. The fourth-order valence-electron chi connectivity index (χ4n) is 3.17. The Morgan fingerprint density at radius 2 is 1.84 bits per heavy atom. The number of likely N-dealkylation sites (tertiary alicyclic amines) is 1. The predicted molar refractivity (Wildman–Crippen MR) is 99.2 cm³/mol. The van der Waals surface area contributed by atoms with Gasteiger partial charge < -0.3 is 10.2 Å². The molecule has 1 atom stereocenters. The van der Waals surface area contributed by atoms with Crippen LogP contribution in [0.15, 0.2) is 42.7 Å². The Morgan fingerprint density at radius 3 is 2.48 bits per heavy atom. The Bertz CT molecular complexity index is 679. The minimum Gasteiger partial charge on any atom is -0.348 e. The maximum absolute atomic E-state index is 12.4. The number of rotatable bonds is 5. The summed E-state index contributed by atoms with van der Waals surface area (Å²) >= 11 is 0. The van der Waals surface area contributed by atoms with Gasteiger partial charge in [0.1, 0.15) is 0 Å². The number of nitrogens with one attached hydrogen (secondary N) is 1. The zero-order chi connectivity index (χ0) is 17.6. The van der Waals surface area contributed by atoms with Crippen molar-refractivity contribution >= 4 is 5.91 Å². The fraction of sp³-hybridized carbons (Fsp3) is 0.450. The van der Waals surface area contributed by atoms with Crippen LogP contribution in [0.25, 0.3) is 11.4 Å². The number of carbonyl (C=O) groups is 1. The first kappa shape index (κ1) is 17.5. The maximum atomic E-state index is 12.4. The first-order valence-corrected chi connectivity index (χ1v) is 9.02. The van der Waals surface area contributed by atoms with E-state index in [0.717, 1.165) is 31.1 Å². The van der Waals surface area contributed by atoms with E-state index in [9.17, 15) is 4.79 Å². The summed E-state index contributed by atoms with van der Waals surface area (Å²) in [6.07, 6.45) is 5.69. The highest BCUT2D eigenvalue weighted by Crippen LogP contribution is 2.16. The highest BCUT2D eigenvalue weighted by molar-refractivity contribution is 5.93. The lowest BCUT2D eigenvalue weighted by molar-refractivity contribution is 0.0921. The Morgan fingerprint density at radius 1 is 1.20 bits per heavy atom. The van der Waals surface area contributed by atoms with Crippen LogP contribution in [0.5, 0.6) is 0 Å². The summed E-state index contributed by atoms with van der Waals surface area (Å²) < 4.78 is 0. The standard InChI is InChI=1S/C20H26N4O/c1-15-8-10-24(11-9-15)14-16(2)23-20(25)18-12-21-19(22-13-18)17-6-4-3-5-7-17/h3-7,12-13,15-16H,8-11,14H2,1-2H3,(H,23,25). The van der Waals surface area contributed by atoms with Crippen LogP contribution in [-0.2, 0) is 0 Å². The highest BCUT2D eigenvalue weighted by Gasteiger charge is 2.19. The Balaban J connectivity index is 1.54. The molecule has 25 heavy (non-hydrogen) atoms. The van der Waals surface area contributed by atoms with Gasteiger partial charge in [-0.1, -0.05) is 37.3 Å². The van der Waals surface area contributed by atoms with Crippen molar-refractivity contribution in [3.05, 3.63) is 48.3 Å².